The fraction of sp³-hybridized carbons (Fsp3) is 0.700. The smallest absolute Gasteiger partial charge is 0.460 e. The summed E-state index contributed by atoms with van der Waals surface area (Å²) in [5.74, 6) is -0.456. The predicted octanol–water partition coefficient (Wildman–Crippen LogP) is 0.610. The minimum Gasteiger partial charge on any atom is -0.460 e. The van der Waals surface area contributed by atoms with E-state index in [1.807, 2.05) is 0 Å². The molecule has 0 spiro atoms. The van der Waals surface area contributed by atoms with Crippen molar-refractivity contribution in [2.75, 3.05) is 41.2 Å². The summed E-state index contributed by atoms with van der Waals surface area (Å²) in [6.45, 7) is 4.23. The Morgan fingerprint density at radius 3 is 2.18 bits per heavy atom. The molecule has 0 aromatic rings. The molecule has 0 aromatic carbocycles. The van der Waals surface area contributed by atoms with Crippen molar-refractivity contribution in [3.8, 4) is 0 Å². The van der Waals surface area contributed by atoms with Crippen molar-refractivity contribution in [3.05, 3.63) is 12.7 Å². The Balaban J connectivity index is 3.62. The molecule has 0 radical (unpaired) electrons. The molecule has 0 heterocycles. The molecule has 0 unspecified atom stereocenters. The van der Waals surface area contributed by atoms with E-state index in [-0.39, 0.29) is 6.61 Å². The molecule has 0 atom stereocenters. The first-order valence-electron chi connectivity index (χ1n) is 5.16. The topological polar surface area (TPSA) is 63.2 Å². The number of ether oxygens (including phenoxy) is 2. The monoisotopic (exact) mass is 264 g/mol. The number of carbonyl (C=O) groups is 1. The van der Waals surface area contributed by atoms with E-state index in [9.17, 15) is 4.79 Å². The summed E-state index contributed by atoms with van der Waals surface area (Å²) in [5.41, 5.74) is 0. The second-order valence-corrected chi connectivity index (χ2v) is 6.12. The van der Waals surface area contributed by atoms with Crippen LogP contribution in [0.15, 0.2) is 12.7 Å². The molecule has 6 nitrogen and oxygen atoms in total. The molecule has 0 amide bonds. The van der Waals surface area contributed by atoms with E-state index in [1.54, 1.807) is 21.3 Å². The highest BCUT2D eigenvalue weighted by molar-refractivity contribution is 6.60. The van der Waals surface area contributed by atoms with E-state index in [4.69, 9.17) is 22.8 Å². The van der Waals surface area contributed by atoms with E-state index < -0.39 is 14.8 Å². The van der Waals surface area contributed by atoms with Gasteiger partial charge in [-0.25, -0.2) is 4.79 Å². The maximum atomic E-state index is 10.7. The van der Waals surface area contributed by atoms with Crippen LogP contribution >= 0.6 is 0 Å². The van der Waals surface area contributed by atoms with Crippen LogP contribution in [0.1, 0.15) is 0 Å². The maximum absolute atomic E-state index is 10.7. The molecule has 17 heavy (non-hydrogen) atoms. The van der Waals surface area contributed by atoms with Crippen molar-refractivity contribution >= 4 is 14.8 Å². The summed E-state index contributed by atoms with van der Waals surface area (Å²) in [4.78, 5) is 10.7. The first-order chi connectivity index (χ1) is 8.14. The van der Waals surface area contributed by atoms with Crippen LogP contribution in [0.3, 0.4) is 0 Å². The lowest BCUT2D eigenvalue weighted by molar-refractivity contribution is -0.139. The second kappa shape index (κ2) is 9.31. The summed E-state index contributed by atoms with van der Waals surface area (Å²) in [6.07, 6.45) is 1.11. The Labute approximate surface area is 103 Å². The van der Waals surface area contributed by atoms with Gasteiger partial charge >= 0.3 is 14.8 Å². The molecular formula is C10H20O6Si. The van der Waals surface area contributed by atoms with Crippen LogP contribution in [-0.2, 0) is 27.5 Å². The van der Waals surface area contributed by atoms with Crippen LogP contribution in [0.4, 0.5) is 0 Å². The first kappa shape index (κ1) is 16.3. The van der Waals surface area contributed by atoms with Gasteiger partial charge in [-0.3, -0.25) is 0 Å². The Bertz CT molecular complexity index is 221. The van der Waals surface area contributed by atoms with Gasteiger partial charge in [0.2, 0.25) is 0 Å². The summed E-state index contributed by atoms with van der Waals surface area (Å²) in [6, 6.07) is 0.548. The Hall–Kier alpha value is -0.733. The van der Waals surface area contributed by atoms with Crippen LogP contribution in [0, 0.1) is 0 Å². The van der Waals surface area contributed by atoms with Gasteiger partial charge in [0.1, 0.15) is 6.61 Å². The van der Waals surface area contributed by atoms with Crippen molar-refractivity contribution in [1.82, 2.24) is 0 Å². The van der Waals surface area contributed by atoms with Gasteiger partial charge in [0.25, 0.3) is 0 Å². The summed E-state index contributed by atoms with van der Waals surface area (Å²) in [7, 11) is 2.08. The average molecular weight is 264 g/mol. The molecule has 0 rings (SSSR count). The van der Waals surface area contributed by atoms with Gasteiger partial charge in [-0.2, -0.15) is 0 Å². The molecule has 0 aliphatic rings. The third-order valence-electron chi connectivity index (χ3n) is 2.12. The van der Waals surface area contributed by atoms with E-state index in [2.05, 4.69) is 6.58 Å². The van der Waals surface area contributed by atoms with Crippen molar-refractivity contribution in [2.24, 2.45) is 0 Å². The Morgan fingerprint density at radius 2 is 1.71 bits per heavy atom. The predicted molar refractivity (Wildman–Crippen MR) is 63.6 cm³/mol. The summed E-state index contributed by atoms with van der Waals surface area (Å²) < 4.78 is 25.7. The van der Waals surface area contributed by atoms with Crippen molar-refractivity contribution < 1.29 is 27.5 Å². The third-order valence-corrected chi connectivity index (χ3v) is 4.81. The average Bonchev–Trinajstić information content (AvgIpc) is 2.38. The normalized spacial score (nSPS) is 11.2. The number of hydrogen-bond acceptors (Lipinski definition) is 6. The molecule has 100 valence electrons. The fourth-order valence-electron chi connectivity index (χ4n) is 1.12. The largest absolute Gasteiger partial charge is 0.502 e. The van der Waals surface area contributed by atoms with E-state index >= 15 is 0 Å². The molecule has 0 saturated carbocycles. The zero-order valence-electron chi connectivity index (χ0n) is 10.6. The molecule has 0 bridgehead atoms. The van der Waals surface area contributed by atoms with Gasteiger partial charge < -0.3 is 22.8 Å². The quantitative estimate of drug-likeness (QED) is 0.249. The van der Waals surface area contributed by atoms with Crippen molar-refractivity contribution in [2.45, 2.75) is 6.04 Å². The minimum atomic E-state index is -2.56. The molecule has 0 saturated heterocycles. The van der Waals surface area contributed by atoms with E-state index in [0.717, 1.165) is 6.08 Å². The molecule has 0 aliphatic heterocycles. The highest BCUT2D eigenvalue weighted by atomic mass is 28.4. The number of hydrogen-bond donors (Lipinski definition) is 0. The molecular weight excluding hydrogens is 244 g/mol. The molecule has 0 N–H and O–H groups in total. The van der Waals surface area contributed by atoms with E-state index in [0.29, 0.717) is 19.3 Å². The van der Waals surface area contributed by atoms with Crippen LogP contribution < -0.4 is 0 Å². The summed E-state index contributed by atoms with van der Waals surface area (Å²) >= 11 is 0. The van der Waals surface area contributed by atoms with Gasteiger partial charge in [0, 0.05) is 33.4 Å². The maximum Gasteiger partial charge on any atom is 0.502 e. The highest BCUT2D eigenvalue weighted by Gasteiger charge is 2.37. The van der Waals surface area contributed by atoms with Gasteiger partial charge in [-0.05, 0) is 0 Å². The Kier molecular flexibility index (Phi) is 8.91. The summed E-state index contributed by atoms with van der Waals surface area (Å²) in [5, 5.41) is 0. The highest BCUT2D eigenvalue weighted by Crippen LogP contribution is 2.11. The van der Waals surface area contributed by atoms with E-state index in [1.165, 1.54) is 0 Å². The second-order valence-electron chi connectivity index (χ2n) is 3.03. The third kappa shape index (κ3) is 6.54. The molecule has 0 fully saturated rings. The Morgan fingerprint density at radius 1 is 1.12 bits per heavy atom. The number of esters is 1. The van der Waals surface area contributed by atoms with Crippen LogP contribution in [0.5, 0.6) is 0 Å². The molecule has 7 heteroatoms. The zero-order chi connectivity index (χ0) is 13.1. The minimum absolute atomic E-state index is 0.201. The lowest BCUT2D eigenvalue weighted by Crippen LogP contribution is -2.43. The van der Waals surface area contributed by atoms with Gasteiger partial charge in [-0.1, -0.05) is 6.58 Å². The van der Waals surface area contributed by atoms with Gasteiger partial charge in [0.15, 0.2) is 0 Å². The van der Waals surface area contributed by atoms with Gasteiger partial charge in [-0.15, -0.1) is 0 Å². The number of carbonyl (C=O) groups excluding carboxylic acids is 1. The van der Waals surface area contributed by atoms with Crippen molar-refractivity contribution in [1.29, 1.82) is 0 Å². The van der Waals surface area contributed by atoms with Crippen LogP contribution in [0.2, 0.25) is 6.04 Å². The standard InChI is InChI=1S/C10H20O6Si/c1-5-10(11)16-7-6-15-8-9-17(12-2,13-3)14-4/h5H,1,6-9H2,2-4H3. The fourth-order valence-corrected chi connectivity index (χ4v) is 2.62. The SMILES string of the molecule is C=CC(=O)OCCOCC[Si](OC)(OC)OC. The molecule has 0 aliphatic carbocycles. The molecule has 0 aromatic heterocycles. The van der Waals surface area contributed by atoms with Crippen LogP contribution in [-0.4, -0.2) is 55.9 Å². The van der Waals surface area contributed by atoms with Crippen LogP contribution in [0.25, 0.3) is 0 Å². The first-order valence-corrected chi connectivity index (χ1v) is 7.09. The van der Waals surface area contributed by atoms with Gasteiger partial charge in [0.05, 0.1) is 13.2 Å². The number of rotatable bonds is 10. The zero-order valence-corrected chi connectivity index (χ0v) is 11.6. The lowest BCUT2D eigenvalue weighted by atomic mass is 10.6. The van der Waals surface area contributed by atoms with Crippen molar-refractivity contribution in [3.63, 3.8) is 0 Å². The lowest BCUT2D eigenvalue weighted by Gasteiger charge is -2.23.